The Morgan fingerprint density at radius 2 is 1.62 bits per heavy atom. The van der Waals surface area contributed by atoms with Crippen LogP contribution in [-0.2, 0) is 13.0 Å². The summed E-state index contributed by atoms with van der Waals surface area (Å²) in [6.07, 6.45) is 1.74. The van der Waals surface area contributed by atoms with Crippen molar-refractivity contribution < 1.29 is 9.90 Å². The number of nitrogens with one attached hydrogen (secondary N) is 2. The van der Waals surface area contributed by atoms with Gasteiger partial charge in [0.25, 0.3) is 0 Å². The molecule has 2 amide bonds. The second-order valence-corrected chi connectivity index (χ2v) is 4.87. The van der Waals surface area contributed by atoms with E-state index >= 15 is 0 Å². The fraction of sp³-hybridized carbons (Fsp3) is 0.235. The third-order valence-corrected chi connectivity index (χ3v) is 3.16. The molecule has 0 saturated carbocycles. The maximum Gasteiger partial charge on any atom is 0.315 e. The van der Waals surface area contributed by atoms with E-state index in [2.05, 4.69) is 10.6 Å². The molecule has 0 atom stereocenters. The van der Waals surface area contributed by atoms with Gasteiger partial charge in [0.15, 0.2) is 0 Å². The number of rotatable bonds is 6. The lowest BCUT2D eigenvalue weighted by atomic mass is 10.1. The van der Waals surface area contributed by atoms with Gasteiger partial charge >= 0.3 is 6.03 Å². The van der Waals surface area contributed by atoms with E-state index in [9.17, 15) is 9.90 Å². The standard InChI is InChI=1S/C17H20N2O2/c20-16-10-8-14(9-11-16)7-4-12-18-17(21)19-13-15-5-2-1-3-6-15/h1-3,5-6,8-11,20H,4,7,12-13H2,(H2,18,19,21). The number of carbonyl (C=O) groups excluding carboxylic acids is 1. The molecule has 0 unspecified atom stereocenters. The van der Waals surface area contributed by atoms with Gasteiger partial charge in [0, 0.05) is 13.1 Å². The van der Waals surface area contributed by atoms with Crippen LogP contribution in [-0.4, -0.2) is 17.7 Å². The SMILES string of the molecule is O=C(NCCCc1ccc(O)cc1)NCc1ccccc1. The number of carbonyl (C=O) groups is 1. The highest BCUT2D eigenvalue weighted by atomic mass is 16.3. The number of hydrogen-bond acceptors (Lipinski definition) is 2. The van der Waals surface area contributed by atoms with Crippen molar-refractivity contribution in [3.63, 3.8) is 0 Å². The summed E-state index contributed by atoms with van der Waals surface area (Å²) in [6, 6.07) is 16.8. The van der Waals surface area contributed by atoms with Gasteiger partial charge in [-0.1, -0.05) is 42.5 Å². The molecule has 2 aromatic carbocycles. The minimum Gasteiger partial charge on any atom is -0.508 e. The topological polar surface area (TPSA) is 61.4 Å². The van der Waals surface area contributed by atoms with Crippen molar-refractivity contribution in [2.75, 3.05) is 6.54 Å². The fourth-order valence-electron chi connectivity index (χ4n) is 2.00. The van der Waals surface area contributed by atoms with Crippen LogP contribution in [0.5, 0.6) is 5.75 Å². The average Bonchev–Trinajstić information content (AvgIpc) is 2.52. The lowest BCUT2D eigenvalue weighted by molar-refractivity contribution is 0.240. The van der Waals surface area contributed by atoms with E-state index in [1.165, 1.54) is 0 Å². The number of aryl methyl sites for hydroxylation is 1. The van der Waals surface area contributed by atoms with Gasteiger partial charge in [-0.15, -0.1) is 0 Å². The molecular weight excluding hydrogens is 264 g/mol. The van der Waals surface area contributed by atoms with Crippen LogP contribution in [0.1, 0.15) is 17.5 Å². The third-order valence-electron chi connectivity index (χ3n) is 3.16. The first kappa shape index (κ1) is 14.9. The molecule has 0 aliphatic carbocycles. The summed E-state index contributed by atoms with van der Waals surface area (Å²) in [5.74, 6) is 0.275. The first-order chi connectivity index (χ1) is 10.2. The molecule has 2 rings (SSSR count). The Bertz CT molecular complexity index is 553. The Hall–Kier alpha value is -2.49. The molecule has 0 spiro atoms. The number of aromatic hydroxyl groups is 1. The lowest BCUT2D eigenvalue weighted by Crippen LogP contribution is -2.35. The van der Waals surface area contributed by atoms with Gasteiger partial charge in [0.2, 0.25) is 0 Å². The molecule has 0 aliphatic rings. The molecule has 0 fully saturated rings. The summed E-state index contributed by atoms with van der Waals surface area (Å²) in [5, 5.41) is 14.8. The molecule has 2 aromatic rings. The van der Waals surface area contributed by atoms with Gasteiger partial charge in [0.05, 0.1) is 0 Å². The number of hydrogen-bond donors (Lipinski definition) is 3. The molecule has 110 valence electrons. The molecule has 0 heterocycles. The average molecular weight is 284 g/mol. The van der Waals surface area contributed by atoms with E-state index in [0.717, 1.165) is 24.0 Å². The smallest absolute Gasteiger partial charge is 0.315 e. The maximum atomic E-state index is 11.6. The second kappa shape index (κ2) is 7.94. The van der Waals surface area contributed by atoms with E-state index in [4.69, 9.17) is 0 Å². The van der Waals surface area contributed by atoms with Crippen molar-refractivity contribution in [1.82, 2.24) is 10.6 Å². The Labute approximate surface area is 124 Å². The monoisotopic (exact) mass is 284 g/mol. The highest BCUT2D eigenvalue weighted by Gasteiger charge is 2.00. The van der Waals surface area contributed by atoms with Crippen molar-refractivity contribution in [3.05, 3.63) is 65.7 Å². The lowest BCUT2D eigenvalue weighted by Gasteiger charge is -2.07. The molecule has 21 heavy (non-hydrogen) atoms. The molecule has 3 N–H and O–H groups in total. The predicted octanol–water partition coefficient (Wildman–Crippen LogP) is 2.82. The molecule has 0 aromatic heterocycles. The van der Waals surface area contributed by atoms with E-state index in [1.54, 1.807) is 12.1 Å². The van der Waals surface area contributed by atoms with Gasteiger partial charge in [-0.25, -0.2) is 4.79 Å². The fourth-order valence-corrected chi connectivity index (χ4v) is 2.00. The first-order valence-electron chi connectivity index (χ1n) is 7.07. The summed E-state index contributed by atoms with van der Waals surface area (Å²) >= 11 is 0. The summed E-state index contributed by atoms with van der Waals surface area (Å²) < 4.78 is 0. The minimum absolute atomic E-state index is 0.149. The van der Waals surface area contributed by atoms with Crippen LogP contribution in [0.3, 0.4) is 0 Å². The Balaban J connectivity index is 1.60. The van der Waals surface area contributed by atoms with Crippen LogP contribution in [0.2, 0.25) is 0 Å². The molecule has 0 bridgehead atoms. The van der Waals surface area contributed by atoms with Gasteiger partial charge in [-0.2, -0.15) is 0 Å². The highest BCUT2D eigenvalue weighted by molar-refractivity contribution is 5.73. The van der Waals surface area contributed by atoms with Crippen molar-refractivity contribution in [1.29, 1.82) is 0 Å². The molecule has 0 saturated heterocycles. The number of phenols is 1. The highest BCUT2D eigenvalue weighted by Crippen LogP contribution is 2.10. The number of benzene rings is 2. The maximum absolute atomic E-state index is 11.6. The number of phenolic OH excluding ortho intramolecular Hbond substituents is 1. The van der Waals surface area contributed by atoms with Crippen LogP contribution in [0.15, 0.2) is 54.6 Å². The zero-order chi connectivity index (χ0) is 14.9. The Morgan fingerprint density at radius 1 is 0.905 bits per heavy atom. The third kappa shape index (κ3) is 5.57. The van der Waals surface area contributed by atoms with Crippen molar-refractivity contribution in [2.45, 2.75) is 19.4 Å². The van der Waals surface area contributed by atoms with Crippen molar-refractivity contribution in [3.8, 4) is 5.75 Å². The van der Waals surface area contributed by atoms with Crippen molar-refractivity contribution in [2.24, 2.45) is 0 Å². The van der Waals surface area contributed by atoms with Gasteiger partial charge in [0.1, 0.15) is 5.75 Å². The van der Waals surface area contributed by atoms with E-state index < -0.39 is 0 Å². The van der Waals surface area contributed by atoms with Crippen LogP contribution in [0.25, 0.3) is 0 Å². The number of urea groups is 1. The van der Waals surface area contributed by atoms with Crippen LogP contribution < -0.4 is 10.6 Å². The quantitative estimate of drug-likeness (QED) is 0.714. The van der Waals surface area contributed by atoms with Crippen LogP contribution >= 0.6 is 0 Å². The number of amides is 2. The second-order valence-electron chi connectivity index (χ2n) is 4.87. The molecule has 4 heteroatoms. The van der Waals surface area contributed by atoms with Crippen molar-refractivity contribution >= 4 is 6.03 Å². The Morgan fingerprint density at radius 3 is 2.33 bits per heavy atom. The molecule has 0 aliphatic heterocycles. The van der Waals surface area contributed by atoms with Crippen LogP contribution in [0.4, 0.5) is 4.79 Å². The minimum atomic E-state index is -0.149. The van der Waals surface area contributed by atoms with Gasteiger partial charge in [-0.05, 0) is 36.1 Å². The summed E-state index contributed by atoms with van der Waals surface area (Å²) in [4.78, 5) is 11.6. The van der Waals surface area contributed by atoms with Crippen LogP contribution in [0, 0.1) is 0 Å². The predicted molar refractivity (Wildman–Crippen MR) is 83.1 cm³/mol. The van der Waals surface area contributed by atoms with E-state index in [-0.39, 0.29) is 11.8 Å². The van der Waals surface area contributed by atoms with E-state index in [0.29, 0.717) is 13.1 Å². The van der Waals surface area contributed by atoms with Gasteiger partial charge < -0.3 is 15.7 Å². The molecule has 4 nitrogen and oxygen atoms in total. The molecular formula is C17H20N2O2. The summed E-state index contributed by atoms with van der Waals surface area (Å²) in [7, 11) is 0. The Kier molecular flexibility index (Phi) is 5.64. The first-order valence-corrected chi connectivity index (χ1v) is 7.07. The summed E-state index contributed by atoms with van der Waals surface area (Å²) in [5.41, 5.74) is 2.23. The zero-order valence-electron chi connectivity index (χ0n) is 11.9. The normalized spacial score (nSPS) is 10.1. The summed E-state index contributed by atoms with van der Waals surface area (Å²) in [6.45, 7) is 1.16. The van der Waals surface area contributed by atoms with Gasteiger partial charge in [-0.3, -0.25) is 0 Å². The zero-order valence-corrected chi connectivity index (χ0v) is 11.9. The van der Waals surface area contributed by atoms with E-state index in [1.807, 2.05) is 42.5 Å². The molecule has 0 radical (unpaired) electrons. The largest absolute Gasteiger partial charge is 0.508 e.